The van der Waals surface area contributed by atoms with E-state index in [1.54, 1.807) is 0 Å². The minimum Gasteiger partial charge on any atom is -0.356 e. The number of amides is 1. The van der Waals surface area contributed by atoms with Gasteiger partial charge in [0.05, 0.1) is 11.0 Å². The first-order valence-electron chi connectivity index (χ1n) is 11.2. The minimum absolute atomic E-state index is 0.0716. The average Bonchev–Trinajstić information content (AvgIpc) is 3.20. The first-order chi connectivity index (χ1) is 15.7. The fraction of sp³-hybridized carbons (Fsp3) is 0.259. The van der Waals surface area contributed by atoms with Crippen LogP contribution in [0.4, 0.5) is 0 Å². The Morgan fingerprint density at radius 3 is 2.41 bits per heavy atom. The number of para-hydroxylation sites is 3. The first kappa shape index (κ1) is 21.8. The highest BCUT2D eigenvalue weighted by atomic mass is 16.1. The van der Waals surface area contributed by atoms with Crippen molar-refractivity contribution in [1.82, 2.24) is 19.8 Å². The Balaban J connectivity index is 1.28. The number of imidazole rings is 1. The summed E-state index contributed by atoms with van der Waals surface area (Å²) in [6, 6.07) is 28.8. The molecule has 0 saturated carbocycles. The Morgan fingerprint density at radius 1 is 0.938 bits per heavy atom. The van der Waals surface area contributed by atoms with Crippen LogP contribution in [-0.2, 0) is 17.8 Å². The Morgan fingerprint density at radius 2 is 1.62 bits per heavy atom. The van der Waals surface area contributed by atoms with Crippen LogP contribution in [-0.4, -0.2) is 40.5 Å². The van der Waals surface area contributed by atoms with Crippen molar-refractivity contribution in [2.45, 2.75) is 25.8 Å². The topological polar surface area (TPSA) is 50.2 Å². The molecule has 0 aliphatic rings. The van der Waals surface area contributed by atoms with Crippen LogP contribution in [0.5, 0.6) is 0 Å². The maximum absolute atomic E-state index is 12.5. The van der Waals surface area contributed by atoms with E-state index >= 15 is 0 Å². The predicted octanol–water partition coefficient (Wildman–Crippen LogP) is 4.60. The van der Waals surface area contributed by atoms with Crippen LogP contribution in [0, 0.1) is 0 Å². The van der Waals surface area contributed by atoms with Gasteiger partial charge in [-0.3, -0.25) is 9.36 Å². The molecule has 1 N–H and O–H groups in total. The van der Waals surface area contributed by atoms with E-state index in [4.69, 9.17) is 4.98 Å². The number of nitrogens with one attached hydrogen (secondary N) is 1. The molecule has 164 valence electrons. The van der Waals surface area contributed by atoms with E-state index in [0.29, 0.717) is 19.4 Å². The number of aromatic nitrogens is 2. The van der Waals surface area contributed by atoms with Gasteiger partial charge < -0.3 is 10.2 Å². The van der Waals surface area contributed by atoms with E-state index in [1.807, 2.05) is 42.5 Å². The zero-order valence-electron chi connectivity index (χ0n) is 18.6. The third-order valence-corrected chi connectivity index (χ3v) is 5.55. The smallest absolute Gasteiger partial charge is 0.220 e. The van der Waals surface area contributed by atoms with Crippen molar-refractivity contribution in [2.24, 2.45) is 0 Å². The van der Waals surface area contributed by atoms with E-state index in [9.17, 15) is 4.79 Å². The van der Waals surface area contributed by atoms with Crippen LogP contribution >= 0.6 is 0 Å². The van der Waals surface area contributed by atoms with Gasteiger partial charge in [0.25, 0.3) is 0 Å². The fourth-order valence-corrected chi connectivity index (χ4v) is 3.97. The number of benzene rings is 3. The lowest BCUT2D eigenvalue weighted by Crippen LogP contribution is -2.28. The molecule has 3 aromatic carbocycles. The molecule has 0 unspecified atom stereocenters. The average molecular weight is 427 g/mol. The Hall–Kier alpha value is -3.44. The Bertz CT molecular complexity index is 1140. The van der Waals surface area contributed by atoms with Crippen molar-refractivity contribution in [3.05, 3.63) is 96.3 Å². The Labute approximate surface area is 189 Å². The number of carbonyl (C=O) groups is 1. The lowest BCUT2D eigenvalue weighted by Gasteiger charge is -2.16. The van der Waals surface area contributed by atoms with E-state index < -0.39 is 0 Å². The number of hydrogen-bond acceptors (Lipinski definition) is 3. The molecule has 0 saturated heterocycles. The van der Waals surface area contributed by atoms with Crippen LogP contribution in [0.25, 0.3) is 16.7 Å². The second kappa shape index (κ2) is 10.7. The molecule has 0 spiro atoms. The van der Waals surface area contributed by atoms with Gasteiger partial charge in [-0.2, -0.15) is 0 Å². The summed E-state index contributed by atoms with van der Waals surface area (Å²) in [5.74, 6) is 0.984. The molecule has 5 heteroatoms. The molecule has 0 aliphatic heterocycles. The molecule has 4 aromatic rings. The van der Waals surface area contributed by atoms with Crippen molar-refractivity contribution in [2.75, 3.05) is 20.1 Å². The van der Waals surface area contributed by atoms with E-state index in [0.717, 1.165) is 42.1 Å². The van der Waals surface area contributed by atoms with Crippen molar-refractivity contribution in [3.63, 3.8) is 0 Å². The van der Waals surface area contributed by atoms with E-state index in [2.05, 4.69) is 64.3 Å². The summed E-state index contributed by atoms with van der Waals surface area (Å²) in [5.41, 5.74) is 4.39. The van der Waals surface area contributed by atoms with Crippen LogP contribution < -0.4 is 5.32 Å². The van der Waals surface area contributed by atoms with Gasteiger partial charge >= 0.3 is 0 Å². The molecule has 0 radical (unpaired) electrons. The van der Waals surface area contributed by atoms with Gasteiger partial charge in [-0.05, 0) is 49.8 Å². The molecule has 32 heavy (non-hydrogen) atoms. The summed E-state index contributed by atoms with van der Waals surface area (Å²) < 4.78 is 2.15. The van der Waals surface area contributed by atoms with Gasteiger partial charge in [-0.1, -0.05) is 60.7 Å². The van der Waals surface area contributed by atoms with Crippen molar-refractivity contribution in [3.8, 4) is 5.69 Å². The monoisotopic (exact) mass is 426 g/mol. The van der Waals surface area contributed by atoms with Gasteiger partial charge in [0.1, 0.15) is 5.82 Å². The zero-order valence-corrected chi connectivity index (χ0v) is 18.6. The highest BCUT2D eigenvalue weighted by molar-refractivity contribution is 5.79. The number of fused-ring (bicyclic) bond motifs is 1. The number of hydrogen-bond donors (Lipinski definition) is 1. The molecule has 0 bridgehead atoms. The number of carbonyl (C=O) groups excluding carboxylic acids is 1. The highest BCUT2D eigenvalue weighted by Crippen LogP contribution is 2.22. The van der Waals surface area contributed by atoms with Gasteiger partial charge in [0, 0.05) is 31.6 Å². The first-order valence-corrected chi connectivity index (χ1v) is 11.2. The lowest BCUT2D eigenvalue weighted by atomic mass is 10.2. The summed E-state index contributed by atoms with van der Waals surface area (Å²) in [6.45, 7) is 2.55. The third kappa shape index (κ3) is 5.62. The molecule has 0 fully saturated rings. The summed E-state index contributed by atoms with van der Waals surface area (Å²) in [5, 5.41) is 3.06. The number of rotatable bonds is 10. The second-order valence-corrected chi connectivity index (χ2v) is 8.11. The third-order valence-electron chi connectivity index (χ3n) is 5.55. The number of nitrogens with zero attached hydrogens (tertiary/aromatic N) is 3. The molecule has 0 atom stereocenters. The standard InChI is InChI=1S/C27H30N4O/c1-30(21-22-11-4-2-5-12-22)20-10-19-28-27(32)18-17-26-29-24-15-8-9-16-25(24)31(26)23-13-6-3-7-14-23/h2-9,11-16H,10,17-21H2,1H3,(H,28,32). The van der Waals surface area contributed by atoms with Gasteiger partial charge in [0.2, 0.25) is 5.91 Å². The predicted molar refractivity (Wildman–Crippen MR) is 130 cm³/mol. The summed E-state index contributed by atoms with van der Waals surface area (Å²) in [7, 11) is 2.11. The molecule has 1 amide bonds. The Kier molecular flexibility index (Phi) is 7.31. The zero-order chi connectivity index (χ0) is 22.2. The van der Waals surface area contributed by atoms with Crippen molar-refractivity contribution >= 4 is 16.9 Å². The van der Waals surface area contributed by atoms with Crippen LogP contribution in [0.1, 0.15) is 24.2 Å². The maximum atomic E-state index is 12.5. The summed E-state index contributed by atoms with van der Waals surface area (Å²) in [6.07, 6.45) is 1.96. The van der Waals surface area contributed by atoms with Crippen LogP contribution in [0.2, 0.25) is 0 Å². The largest absolute Gasteiger partial charge is 0.356 e. The van der Waals surface area contributed by atoms with Gasteiger partial charge in [-0.15, -0.1) is 0 Å². The summed E-state index contributed by atoms with van der Waals surface area (Å²) in [4.78, 5) is 19.5. The molecule has 0 aliphatic carbocycles. The lowest BCUT2D eigenvalue weighted by molar-refractivity contribution is -0.121. The van der Waals surface area contributed by atoms with Crippen LogP contribution in [0.3, 0.4) is 0 Å². The van der Waals surface area contributed by atoms with Gasteiger partial charge in [0.15, 0.2) is 0 Å². The van der Waals surface area contributed by atoms with Crippen LogP contribution in [0.15, 0.2) is 84.9 Å². The maximum Gasteiger partial charge on any atom is 0.220 e. The normalized spacial score (nSPS) is 11.2. The molecule has 4 rings (SSSR count). The highest BCUT2D eigenvalue weighted by Gasteiger charge is 2.13. The SMILES string of the molecule is CN(CCCNC(=O)CCc1nc2ccccc2n1-c1ccccc1)Cc1ccccc1. The molecule has 1 heterocycles. The van der Waals surface area contributed by atoms with Crippen molar-refractivity contribution in [1.29, 1.82) is 0 Å². The van der Waals surface area contributed by atoms with Crippen molar-refractivity contribution < 1.29 is 4.79 Å². The fourth-order valence-electron chi connectivity index (χ4n) is 3.97. The molecular weight excluding hydrogens is 396 g/mol. The van der Waals surface area contributed by atoms with E-state index in [-0.39, 0.29) is 5.91 Å². The number of aryl methyl sites for hydroxylation is 1. The van der Waals surface area contributed by atoms with E-state index in [1.165, 1.54) is 5.56 Å². The minimum atomic E-state index is 0.0716. The molecule has 5 nitrogen and oxygen atoms in total. The second-order valence-electron chi connectivity index (χ2n) is 8.11. The molecular formula is C27H30N4O. The summed E-state index contributed by atoms with van der Waals surface area (Å²) >= 11 is 0. The van der Waals surface area contributed by atoms with Gasteiger partial charge in [-0.25, -0.2) is 4.98 Å². The molecule has 1 aromatic heterocycles. The quantitative estimate of drug-likeness (QED) is 0.377.